The van der Waals surface area contributed by atoms with Crippen molar-refractivity contribution in [2.45, 2.75) is 19.8 Å². The van der Waals surface area contributed by atoms with Crippen molar-refractivity contribution < 1.29 is 14.3 Å². The molecule has 18 heavy (non-hydrogen) atoms. The number of methoxy groups -OCH3 is 1. The Bertz CT molecular complexity index is 495. The Kier molecular flexibility index (Phi) is 2.67. The smallest absolute Gasteiger partial charge is 0.169 e. The van der Waals surface area contributed by atoms with Crippen molar-refractivity contribution in [2.24, 2.45) is 11.3 Å². The number of benzene rings is 1. The van der Waals surface area contributed by atoms with Crippen molar-refractivity contribution in [1.82, 2.24) is 0 Å². The lowest BCUT2D eigenvalue weighted by atomic mass is 9.63. The van der Waals surface area contributed by atoms with Gasteiger partial charge in [-0.25, -0.2) is 0 Å². The van der Waals surface area contributed by atoms with Crippen molar-refractivity contribution in [3.63, 3.8) is 0 Å². The highest BCUT2D eigenvalue weighted by molar-refractivity contribution is 6.01. The van der Waals surface area contributed by atoms with Crippen molar-refractivity contribution >= 4 is 5.78 Å². The topological polar surface area (TPSA) is 35.5 Å². The van der Waals surface area contributed by atoms with Crippen LogP contribution >= 0.6 is 0 Å². The molecular formula is C15H18O3. The predicted molar refractivity (Wildman–Crippen MR) is 68.1 cm³/mol. The van der Waals surface area contributed by atoms with Gasteiger partial charge in [-0.1, -0.05) is 13.0 Å². The first-order valence-electron chi connectivity index (χ1n) is 6.43. The van der Waals surface area contributed by atoms with Gasteiger partial charge in [-0.15, -0.1) is 0 Å². The van der Waals surface area contributed by atoms with Crippen LogP contribution < -0.4 is 4.74 Å². The monoisotopic (exact) mass is 246 g/mol. The minimum Gasteiger partial charge on any atom is -0.497 e. The first kappa shape index (κ1) is 11.7. The van der Waals surface area contributed by atoms with E-state index in [1.807, 2.05) is 18.2 Å². The molecule has 0 spiro atoms. The first-order chi connectivity index (χ1) is 8.64. The van der Waals surface area contributed by atoms with E-state index < -0.39 is 0 Å². The minimum absolute atomic E-state index is 0.00542. The maximum atomic E-state index is 12.6. The van der Waals surface area contributed by atoms with Crippen LogP contribution in [0.4, 0.5) is 0 Å². The van der Waals surface area contributed by atoms with Gasteiger partial charge in [-0.2, -0.15) is 0 Å². The third kappa shape index (κ3) is 1.65. The van der Waals surface area contributed by atoms with Gasteiger partial charge in [-0.3, -0.25) is 4.79 Å². The molecule has 1 heterocycles. The number of rotatable bonds is 1. The Hall–Kier alpha value is -1.35. The fourth-order valence-corrected chi connectivity index (χ4v) is 3.17. The number of Topliss-reactive ketones (excluding diaryl/α,β-unsaturated/α-hetero) is 1. The molecule has 1 unspecified atom stereocenters. The zero-order valence-corrected chi connectivity index (χ0v) is 10.9. The Labute approximate surface area is 107 Å². The van der Waals surface area contributed by atoms with Crippen LogP contribution in [0.5, 0.6) is 5.75 Å². The van der Waals surface area contributed by atoms with Crippen molar-refractivity contribution in [3.8, 4) is 5.75 Å². The second kappa shape index (κ2) is 4.09. The highest BCUT2D eigenvalue weighted by Crippen LogP contribution is 2.45. The molecule has 1 aliphatic heterocycles. The zero-order chi connectivity index (χ0) is 12.8. The summed E-state index contributed by atoms with van der Waals surface area (Å²) in [6, 6.07) is 5.84. The summed E-state index contributed by atoms with van der Waals surface area (Å²) in [5.41, 5.74) is 2.04. The van der Waals surface area contributed by atoms with Gasteiger partial charge in [0, 0.05) is 12.2 Å². The van der Waals surface area contributed by atoms with E-state index in [1.165, 1.54) is 0 Å². The number of hydrogen-bond donors (Lipinski definition) is 0. The average molecular weight is 246 g/mol. The molecule has 0 saturated carbocycles. The molecule has 2 aliphatic rings. The van der Waals surface area contributed by atoms with Crippen LogP contribution in [-0.2, 0) is 11.2 Å². The summed E-state index contributed by atoms with van der Waals surface area (Å²) in [5, 5.41) is 0. The van der Waals surface area contributed by atoms with E-state index in [1.54, 1.807) is 7.11 Å². The maximum Gasteiger partial charge on any atom is 0.169 e. The van der Waals surface area contributed by atoms with Gasteiger partial charge in [-0.05, 0) is 36.0 Å². The molecule has 1 aromatic rings. The summed E-state index contributed by atoms with van der Waals surface area (Å²) < 4.78 is 10.7. The highest BCUT2D eigenvalue weighted by Gasteiger charge is 2.46. The summed E-state index contributed by atoms with van der Waals surface area (Å²) in [6.45, 7) is 3.54. The fraction of sp³-hybridized carbons (Fsp3) is 0.533. The third-order valence-electron chi connectivity index (χ3n) is 4.44. The molecule has 1 saturated heterocycles. The quantitative estimate of drug-likeness (QED) is 0.763. The van der Waals surface area contributed by atoms with E-state index in [0.717, 1.165) is 36.3 Å². The third-order valence-corrected chi connectivity index (χ3v) is 4.44. The molecule has 3 nitrogen and oxygen atoms in total. The van der Waals surface area contributed by atoms with Gasteiger partial charge in [0.2, 0.25) is 0 Å². The van der Waals surface area contributed by atoms with Crippen molar-refractivity contribution in [3.05, 3.63) is 29.3 Å². The van der Waals surface area contributed by atoms with Gasteiger partial charge in [0.25, 0.3) is 0 Å². The van der Waals surface area contributed by atoms with Crippen molar-refractivity contribution in [1.29, 1.82) is 0 Å². The van der Waals surface area contributed by atoms with E-state index in [-0.39, 0.29) is 17.1 Å². The highest BCUT2D eigenvalue weighted by atomic mass is 16.5. The van der Waals surface area contributed by atoms with Crippen LogP contribution in [0.15, 0.2) is 18.2 Å². The van der Waals surface area contributed by atoms with Gasteiger partial charge in [0.1, 0.15) is 5.75 Å². The zero-order valence-electron chi connectivity index (χ0n) is 10.9. The van der Waals surface area contributed by atoms with Crippen LogP contribution in [0.1, 0.15) is 29.3 Å². The average Bonchev–Trinajstić information content (AvgIpc) is 2.38. The predicted octanol–water partition coefficient (Wildman–Crippen LogP) is 2.48. The Morgan fingerprint density at radius 3 is 3.06 bits per heavy atom. The van der Waals surface area contributed by atoms with Gasteiger partial charge < -0.3 is 9.47 Å². The molecule has 0 amide bonds. The summed E-state index contributed by atoms with van der Waals surface area (Å²) in [4.78, 5) is 12.6. The summed E-state index contributed by atoms with van der Waals surface area (Å²) in [6.07, 6.45) is 1.93. The molecule has 0 aromatic heterocycles. The minimum atomic E-state index is 0.00542. The molecular weight excluding hydrogens is 228 g/mol. The normalized spacial score (nSPS) is 30.6. The molecule has 3 rings (SSSR count). The lowest BCUT2D eigenvalue weighted by Gasteiger charge is -2.44. The molecule has 0 N–H and O–H groups in total. The number of carbonyl (C=O) groups is 1. The standard InChI is InChI=1S/C15H18O3/c1-15-5-6-18-9-13(15)14(16)12-7-11(17-2)4-3-10(12)8-15/h3-4,7,13H,5-6,8-9H2,1-2H3/t13-,15?/m0/s1. The summed E-state index contributed by atoms with van der Waals surface area (Å²) in [5.74, 6) is 0.977. The molecule has 2 atom stereocenters. The molecule has 1 aromatic carbocycles. The maximum absolute atomic E-state index is 12.6. The van der Waals surface area contributed by atoms with E-state index in [4.69, 9.17) is 9.47 Å². The molecule has 3 heteroatoms. The van der Waals surface area contributed by atoms with Crippen LogP contribution in [0.2, 0.25) is 0 Å². The second-order valence-electron chi connectivity index (χ2n) is 5.60. The van der Waals surface area contributed by atoms with E-state index >= 15 is 0 Å². The number of fused-ring (bicyclic) bond motifs is 2. The summed E-state index contributed by atoms with van der Waals surface area (Å²) >= 11 is 0. The summed E-state index contributed by atoms with van der Waals surface area (Å²) in [7, 11) is 1.63. The van der Waals surface area contributed by atoms with E-state index in [9.17, 15) is 4.79 Å². The Balaban J connectivity index is 2.06. The van der Waals surface area contributed by atoms with Crippen LogP contribution in [0.25, 0.3) is 0 Å². The largest absolute Gasteiger partial charge is 0.497 e. The number of carbonyl (C=O) groups excluding carboxylic acids is 1. The lowest BCUT2D eigenvalue weighted by Crippen LogP contribution is -2.46. The van der Waals surface area contributed by atoms with E-state index in [2.05, 4.69) is 6.92 Å². The molecule has 1 fully saturated rings. The number of ether oxygens (including phenoxy) is 2. The molecule has 1 aliphatic carbocycles. The van der Waals surface area contributed by atoms with Gasteiger partial charge >= 0.3 is 0 Å². The van der Waals surface area contributed by atoms with Crippen molar-refractivity contribution in [2.75, 3.05) is 20.3 Å². The second-order valence-corrected chi connectivity index (χ2v) is 5.60. The van der Waals surface area contributed by atoms with Crippen LogP contribution in [0, 0.1) is 11.3 Å². The van der Waals surface area contributed by atoms with Gasteiger partial charge in [0.15, 0.2) is 5.78 Å². The van der Waals surface area contributed by atoms with Crippen LogP contribution in [0.3, 0.4) is 0 Å². The van der Waals surface area contributed by atoms with Gasteiger partial charge in [0.05, 0.1) is 19.6 Å². The lowest BCUT2D eigenvalue weighted by molar-refractivity contribution is -0.0249. The molecule has 96 valence electrons. The number of ketones is 1. The SMILES string of the molecule is COc1ccc2c(c1)C(=O)[C@@H]1COCCC1(C)C2. The Morgan fingerprint density at radius 2 is 2.28 bits per heavy atom. The van der Waals surface area contributed by atoms with Crippen LogP contribution in [-0.4, -0.2) is 26.1 Å². The molecule has 0 radical (unpaired) electrons. The fourth-order valence-electron chi connectivity index (χ4n) is 3.17. The number of hydrogen-bond acceptors (Lipinski definition) is 3. The molecule has 0 bridgehead atoms. The Morgan fingerprint density at radius 1 is 1.44 bits per heavy atom. The first-order valence-corrected chi connectivity index (χ1v) is 6.43. The van der Waals surface area contributed by atoms with E-state index in [0.29, 0.717) is 6.61 Å².